The second kappa shape index (κ2) is 8.14. The van der Waals surface area contributed by atoms with Crippen LogP contribution in [0.1, 0.15) is 12.0 Å². The second-order valence-corrected chi connectivity index (χ2v) is 6.01. The molecule has 2 N–H and O–H groups in total. The van der Waals surface area contributed by atoms with Gasteiger partial charge in [-0.2, -0.15) is 0 Å². The lowest BCUT2D eigenvalue weighted by Crippen LogP contribution is -2.28. The number of ether oxygens (including phenoxy) is 3. The van der Waals surface area contributed by atoms with Crippen LogP contribution in [0.5, 0.6) is 17.2 Å². The minimum atomic E-state index is -0.460. The van der Waals surface area contributed by atoms with Crippen LogP contribution in [-0.2, 0) is 6.54 Å². The number of hydrogen-bond donors (Lipinski definition) is 2. The number of nitrogens with one attached hydrogen (secondary N) is 2. The average Bonchev–Trinajstić information content (AvgIpc) is 2.87. The average molecular weight is 381 g/mol. The van der Waals surface area contributed by atoms with Gasteiger partial charge in [-0.1, -0.05) is 11.6 Å². The normalized spacial score (nSPS) is 12.9. The van der Waals surface area contributed by atoms with Crippen LogP contribution in [0.4, 0.5) is 14.9 Å². The number of amides is 2. The maximum absolute atomic E-state index is 13.2. The number of carbonyl (C=O) groups is 1. The van der Waals surface area contributed by atoms with E-state index in [-0.39, 0.29) is 12.3 Å². The third-order valence-corrected chi connectivity index (χ3v) is 4.01. The van der Waals surface area contributed by atoms with Crippen molar-refractivity contribution in [2.24, 2.45) is 0 Å². The Kier molecular flexibility index (Phi) is 5.68. The Balaban J connectivity index is 1.65. The summed E-state index contributed by atoms with van der Waals surface area (Å²) in [6.45, 7) is 1.32. The van der Waals surface area contributed by atoms with E-state index in [1.165, 1.54) is 25.3 Å². The van der Waals surface area contributed by atoms with Crippen LogP contribution in [0, 0.1) is 5.82 Å². The summed E-state index contributed by atoms with van der Waals surface area (Å²) in [6, 6.07) is 6.90. The highest BCUT2D eigenvalue weighted by atomic mass is 35.5. The zero-order valence-corrected chi connectivity index (χ0v) is 14.9. The first-order chi connectivity index (χ1) is 12.6. The SMILES string of the molecule is COc1cc(F)ccc1NC(=O)NCc1cc(Cl)c2c(c1)OCCCO2. The summed E-state index contributed by atoms with van der Waals surface area (Å²) in [5, 5.41) is 5.76. The Morgan fingerprint density at radius 3 is 2.88 bits per heavy atom. The molecule has 0 aromatic heterocycles. The summed E-state index contributed by atoms with van der Waals surface area (Å²) in [5.74, 6) is 0.870. The summed E-state index contributed by atoms with van der Waals surface area (Å²) < 4.78 is 29.4. The van der Waals surface area contributed by atoms with Crippen molar-refractivity contribution in [3.8, 4) is 17.2 Å². The maximum Gasteiger partial charge on any atom is 0.319 e. The predicted molar refractivity (Wildman–Crippen MR) is 95.9 cm³/mol. The smallest absolute Gasteiger partial charge is 0.319 e. The molecular weight excluding hydrogens is 363 g/mol. The number of methoxy groups -OCH3 is 1. The van der Waals surface area contributed by atoms with E-state index in [9.17, 15) is 9.18 Å². The van der Waals surface area contributed by atoms with Crippen LogP contribution in [0.25, 0.3) is 0 Å². The molecule has 0 aliphatic carbocycles. The summed E-state index contributed by atoms with van der Waals surface area (Å²) in [4.78, 5) is 12.1. The highest BCUT2D eigenvalue weighted by Crippen LogP contribution is 2.38. The van der Waals surface area contributed by atoms with Crippen molar-refractivity contribution in [1.29, 1.82) is 0 Å². The molecule has 0 radical (unpaired) electrons. The first-order valence-electron chi connectivity index (χ1n) is 8.03. The van der Waals surface area contributed by atoms with Gasteiger partial charge in [0.25, 0.3) is 0 Å². The van der Waals surface area contributed by atoms with Crippen LogP contribution < -0.4 is 24.8 Å². The lowest BCUT2D eigenvalue weighted by molar-refractivity contribution is 0.251. The Labute approximate surface area is 155 Å². The van der Waals surface area contributed by atoms with E-state index in [1.54, 1.807) is 12.1 Å². The van der Waals surface area contributed by atoms with Crippen LogP contribution >= 0.6 is 11.6 Å². The van der Waals surface area contributed by atoms with Gasteiger partial charge in [0, 0.05) is 19.0 Å². The van der Waals surface area contributed by atoms with Crippen molar-refractivity contribution in [1.82, 2.24) is 5.32 Å². The number of hydrogen-bond acceptors (Lipinski definition) is 4. The summed E-state index contributed by atoms with van der Waals surface area (Å²) in [5.41, 5.74) is 1.13. The number of benzene rings is 2. The van der Waals surface area contributed by atoms with E-state index in [0.29, 0.717) is 35.4 Å². The molecule has 2 amide bonds. The Morgan fingerprint density at radius 2 is 2.08 bits per heavy atom. The summed E-state index contributed by atoms with van der Waals surface area (Å²) in [6.07, 6.45) is 0.778. The van der Waals surface area contributed by atoms with E-state index < -0.39 is 11.8 Å². The molecule has 0 spiro atoms. The number of urea groups is 1. The number of anilines is 1. The highest BCUT2D eigenvalue weighted by Gasteiger charge is 2.16. The molecule has 1 aliphatic heterocycles. The number of halogens is 2. The van der Waals surface area contributed by atoms with E-state index in [1.807, 2.05) is 0 Å². The Hall–Kier alpha value is -2.67. The van der Waals surface area contributed by atoms with Crippen molar-refractivity contribution in [2.75, 3.05) is 25.6 Å². The predicted octanol–water partition coefficient (Wildman–Crippen LogP) is 3.97. The van der Waals surface area contributed by atoms with Crippen molar-refractivity contribution in [3.05, 3.63) is 46.7 Å². The molecule has 0 saturated heterocycles. The van der Waals surface area contributed by atoms with E-state index >= 15 is 0 Å². The standard InChI is InChI=1S/C18H18ClFN2O4/c1-24-15-9-12(20)3-4-14(15)22-18(23)21-10-11-7-13(19)17-16(8-11)25-5-2-6-26-17/h3-4,7-9H,2,5-6,10H2,1H3,(H2,21,22,23). The number of carbonyl (C=O) groups excluding carboxylic acids is 1. The lowest BCUT2D eigenvalue weighted by atomic mass is 10.2. The molecule has 1 heterocycles. The fraction of sp³-hybridized carbons (Fsp3) is 0.278. The molecule has 0 saturated carbocycles. The first-order valence-corrected chi connectivity index (χ1v) is 8.41. The van der Waals surface area contributed by atoms with E-state index in [4.69, 9.17) is 25.8 Å². The molecule has 0 atom stereocenters. The molecule has 0 bridgehead atoms. The van der Waals surface area contributed by atoms with Gasteiger partial charge in [-0.05, 0) is 29.8 Å². The molecule has 1 aliphatic rings. The minimum absolute atomic E-state index is 0.228. The fourth-order valence-electron chi connectivity index (χ4n) is 2.50. The molecule has 26 heavy (non-hydrogen) atoms. The molecule has 2 aromatic rings. The summed E-state index contributed by atoms with van der Waals surface area (Å²) >= 11 is 6.23. The van der Waals surface area contributed by atoms with Crippen LogP contribution in [-0.4, -0.2) is 26.4 Å². The molecule has 0 unspecified atom stereocenters. The maximum atomic E-state index is 13.2. The number of rotatable bonds is 4. The molecule has 3 rings (SSSR count). The largest absolute Gasteiger partial charge is 0.494 e. The van der Waals surface area contributed by atoms with Gasteiger partial charge in [0.1, 0.15) is 11.6 Å². The van der Waals surface area contributed by atoms with Gasteiger partial charge >= 0.3 is 6.03 Å². The molecule has 138 valence electrons. The highest BCUT2D eigenvalue weighted by molar-refractivity contribution is 6.32. The van der Waals surface area contributed by atoms with Crippen molar-refractivity contribution in [3.63, 3.8) is 0 Å². The molecule has 0 fully saturated rings. The molecule has 6 nitrogen and oxygen atoms in total. The lowest BCUT2D eigenvalue weighted by Gasteiger charge is -2.13. The van der Waals surface area contributed by atoms with Crippen molar-refractivity contribution >= 4 is 23.3 Å². The van der Waals surface area contributed by atoms with Gasteiger partial charge in [-0.15, -0.1) is 0 Å². The van der Waals surface area contributed by atoms with E-state index in [0.717, 1.165) is 12.0 Å². The molecule has 2 aromatic carbocycles. The van der Waals surface area contributed by atoms with Crippen LogP contribution in [0.3, 0.4) is 0 Å². The quantitative estimate of drug-likeness (QED) is 0.842. The van der Waals surface area contributed by atoms with Gasteiger partial charge < -0.3 is 24.8 Å². The van der Waals surface area contributed by atoms with Gasteiger partial charge in [0.15, 0.2) is 11.5 Å². The summed E-state index contributed by atoms with van der Waals surface area (Å²) in [7, 11) is 1.40. The monoisotopic (exact) mass is 380 g/mol. The molecule has 8 heteroatoms. The Bertz CT molecular complexity index is 816. The second-order valence-electron chi connectivity index (χ2n) is 5.61. The van der Waals surface area contributed by atoms with Crippen molar-refractivity contribution in [2.45, 2.75) is 13.0 Å². The van der Waals surface area contributed by atoms with Gasteiger partial charge in [-0.3, -0.25) is 0 Å². The third-order valence-electron chi connectivity index (χ3n) is 3.73. The van der Waals surface area contributed by atoms with Crippen LogP contribution in [0.2, 0.25) is 5.02 Å². The third kappa shape index (κ3) is 4.29. The molecular formula is C18H18ClFN2O4. The van der Waals surface area contributed by atoms with Gasteiger partial charge in [-0.25, -0.2) is 9.18 Å². The number of fused-ring (bicyclic) bond motifs is 1. The van der Waals surface area contributed by atoms with Gasteiger partial charge in [0.05, 0.1) is 31.0 Å². The van der Waals surface area contributed by atoms with Crippen molar-refractivity contribution < 1.29 is 23.4 Å². The van der Waals surface area contributed by atoms with E-state index in [2.05, 4.69) is 10.6 Å². The van der Waals surface area contributed by atoms with Gasteiger partial charge in [0.2, 0.25) is 0 Å². The fourth-order valence-corrected chi connectivity index (χ4v) is 2.79. The first kappa shape index (κ1) is 18.1. The zero-order chi connectivity index (χ0) is 18.5. The zero-order valence-electron chi connectivity index (χ0n) is 14.1. The minimum Gasteiger partial charge on any atom is -0.494 e. The Morgan fingerprint density at radius 1 is 1.27 bits per heavy atom. The van der Waals surface area contributed by atoms with Crippen LogP contribution in [0.15, 0.2) is 30.3 Å². The topological polar surface area (TPSA) is 68.8 Å².